The molecule has 1 aromatic heterocycles. The fourth-order valence-electron chi connectivity index (χ4n) is 6.00. The zero-order valence-electron chi connectivity index (χ0n) is 28.9. The van der Waals surface area contributed by atoms with E-state index < -0.39 is 34.1 Å². The Morgan fingerprint density at radius 3 is 2.60 bits per heavy atom. The molecule has 3 amide bonds. The molecule has 1 aliphatic rings. The Morgan fingerprint density at radius 2 is 1.84 bits per heavy atom. The van der Waals surface area contributed by atoms with Gasteiger partial charge in [0.15, 0.2) is 0 Å². The number of likely N-dealkylation sites (N-methyl/N-ethyl adjacent to an activating group) is 1. The molecule has 4 aromatic rings. The smallest absolute Gasteiger partial charge is 0.323 e. The van der Waals surface area contributed by atoms with Gasteiger partial charge in [0.2, 0.25) is 0 Å². The topological polar surface area (TPSA) is 138 Å². The molecule has 0 aliphatic carbocycles. The summed E-state index contributed by atoms with van der Waals surface area (Å²) in [6.45, 7) is 5.99. The number of aliphatic hydroxyl groups is 1. The zero-order valence-corrected chi connectivity index (χ0v) is 30.5. The maximum Gasteiger partial charge on any atom is 0.323 e. The van der Waals surface area contributed by atoms with Crippen molar-refractivity contribution in [3.05, 3.63) is 83.7 Å². The molecule has 5 rings (SSSR count). The maximum atomic E-state index is 14.4. The average Bonchev–Trinajstić information content (AvgIpc) is 3.66. The van der Waals surface area contributed by atoms with Crippen molar-refractivity contribution in [1.29, 1.82) is 0 Å². The fourth-order valence-corrected chi connectivity index (χ4v) is 8.38. The van der Waals surface area contributed by atoms with Crippen LogP contribution in [0.3, 0.4) is 0 Å². The molecule has 11 nitrogen and oxygen atoms in total. The number of benzene rings is 3. The molecular formula is C37H46N4O7S2. The van der Waals surface area contributed by atoms with Crippen molar-refractivity contribution in [1.82, 2.24) is 9.21 Å². The van der Waals surface area contributed by atoms with Crippen LogP contribution in [0.15, 0.2) is 82.4 Å². The third-order valence-corrected chi connectivity index (χ3v) is 12.1. The fraction of sp³-hybridized carbons (Fsp3) is 0.405. The summed E-state index contributed by atoms with van der Waals surface area (Å²) in [5.74, 6) is -0.334. The molecule has 4 atom stereocenters. The van der Waals surface area contributed by atoms with E-state index in [1.54, 1.807) is 47.5 Å². The summed E-state index contributed by atoms with van der Waals surface area (Å²) in [5.41, 5.74) is 1.27. The Balaban J connectivity index is 1.42. The van der Waals surface area contributed by atoms with E-state index in [-0.39, 0.29) is 41.5 Å². The summed E-state index contributed by atoms with van der Waals surface area (Å²) in [6.07, 6.45) is 1.50. The van der Waals surface area contributed by atoms with Gasteiger partial charge in [0.25, 0.3) is 15.9 Å². The molecule has 3 N–H and O–H groups in total. The predicted octanol–water partition coefficient (Wildman–Crippen LogP) is 6.66. The number of urea groups is 1. The number of anilines is 2. The Bertz CT molecular complexity index is 1860. The zero-order chi connectivity index (χ0) is 35.8. The Morgan fingerprint density at radius 1 is 1.06 bits per heavy atom. The van der Waals surface area contributed by atoms with Crippen molar-refractivity contribution < 1.29 is 32.6 Å². The van der Waals surface area contributed by atoms with Crippen LogP contribution in [0, 0.1) is 5.92 Å². The average molecular weight is 723 g/mol. The SMILES string of the molecule is C[C@@H]1CCCCO[C@H](CN(C)S(=O)(=O)c2cccs2)[C@@H](C)CN([C@@H](C)CO)C(=O)c2cc(NC(=O)Nc3cccc4ccccc34)ccc2O1. The molecule has 268 valence electrons. The van der Waals surface area contributed by atoms with Gasteiger partial charge >= 0.3 is 6.03 Å². The van der Waals surface area contributed by atoms with Gasteiger partial charge in [-0.2, -0.15) is 4.31 Å². The van der Waals surface area contributed by atoms with E-state index in [1.165, 1.54) is 11.4 Å². The quantitative estimate of drug-likeness (QED) is 0.185. The monoisotopic (exact) mass is 722 g/mol. The van der Waals surface area contributed by atoms with Gasteiger partial charge < -0.3 is 30.1 Å². The number of hydrogen-bond acceptors (Lipinski definition) is 8. The molecule has 3 aromatic carbocycles. The normalized spacial score (nSPS) is 20.1. The first-order chi connectivity index (χ1) is 24.0. The number of rotatable bonds is 8. The number of aliphatic hydroxyl groups excluding tert-OH is 1. The first-order valence-corrected chi connectivity index (χ1v) is 19.2. The number of carbonyl (C=O) groups is 2. The minimum absolute atomic E-state index is 0.0902. The molecular weight excluding hydrogens is 677 g/mol. The van der Waals surface area contributed by atoms with Gasteiger partial charge in [0, 0.05) is 43.7 Å². The summed E-state index contributed by atoms with van der Waals surface area (Å²) in [6, 6.07) is 20.6. The molecule has 50 heavy (non-hydrogen) atoms. The summed E-state index contributed by atoms with van der Waals surface area (Å²) in [4.78, 5) is 29.2. The molecule has 0 saturated carbocycles. The lowest BCUT2D eigenvalue weighted by atomic mass is 10.0. The van der Waals surface area contributed by atoms with Crippen LogP contribution >= 0.6 is 11.3 Å². The van der Waals surface area contributed by atoms with Gasteiger partial charge in [-0.25, -0.2) is 13.2 Å². The maximum absolute atomic E-state index is 14.4. The van der Waals surface area contributed by atoms with E-state index in [9.17, 15) is 23.1 Å². The van der Waals surface area contributed by atoms with Gasteiger partial charge in [0.1, 0.15) is 9.96 Å². The number of hydrogen-bond donors (Lipinski definition) is 3. The highest BCUT2D eigenvalue weighted by atomic mass is 32.2. The lowest BCUT2D eigenvalue weighted by Crippen LogP contribution is -2.48. The molecule has 0 spiro atoms. The third-order valence-electron chi connectivity index (χ3n) is 8.94. The van der Waals surface area contributed by atoms with Crippen molar-refractivity contribution in [2.24, 2.45) is 5.92 Å². The predicted molar refractivity (Wildman–Crippen MR) is 198 cm³/mol. The van der Waals surface area contributed by atoms with Gasteiger partial charge in [-0.1, -0.05) is 49.4 Å². The van der Waals surface area contributed by atoms with Gasteiger partial charge in [-0.15, -0.1) is 11.3 Å². The third kappa shape index (κ3) is 9.01. The van der Waals surface area contributed by atoms with Crippen LogP contribution in [0.2, 0.25) is 0 Å². The van der Waals surface area contributed by atoms with Crippen molar-refractivity contribution in [3.8, 4) is 5.75 Å². The Hall–Kier alpha value is -4.01. The van der Waals surface area contributed by atoms with Gasteiger partial charge in [-0.05, 0) is 74.2 Å². The van der Waals surface area contributed by atoms with Crippen LogP contribution in [-0.4, -0.2) is 86.3 Å². The molecule has 1 aliphatic heterocycles. The molecule has 0 fully saturated rings. The van der Waals surface area contributed by atoms with E-state index in [0.29, 0.717) is 30.2 Å². The van der Waals surface area contributed by atoms with Crippen LogP contribution in [0.5, 0.6) is 5.75 Å². The van der Waals surface area contributed by atoms with Crippen molar-refractivity contribution in [2.75, 3.05) is 44.0 Å². The number of ether oxygens (including phenoxy) is 2. The second-order valence-corrected chi connectivity index (χ2v) is 16.1. The number of nitrogens with zero attached hydrogens (tertiary/aromatic N) is 2. The number of fused-ring (bicyclic) bond motifs is 2. The summed E-state index contributed by atoms with van der Waals surface area (Å²) in [7, 11) is -2.19. The molecule has 13 heteroatoms. The summed E-state index contributed by atoms with van der Waals surface area (Å²) < 4.78 is 40.7. The van der Waals surface area contributed by atoms with Crippen LogP contribution < -0.4 is 15.4 Å². The number of thiophene rings is 1. The Kier molecular flexibility index (Phi) is 12.5. The van der Waals surface area contributed by atoms with Gasteiger partial charge in [-0.3, -0.25) is 4.79 Å². The van der Waals surface area contributed by atoms with E-state index in [2.05, 4.69) is 10.6 Å². The van der Waals surface area contributed by atoms with E-state index >= 15 is 0 Å². The van der Waals surface area contributed by atoms with Gasteiger partial charge in [0.05, 0.1) is 36.1 Å². The number of carbonyl (C=O) groups excluding carboxylic acids is 2. The van der Waals surface area contributed by atoms with E-state index in [4.69, 9.17) is 9.47 Å². The van der Waals surface area contributed by atoms with Crippen LogP contribution in [0.4, 0.5) is 16.2 Å². The highest BCUT2D eigenvalue weighted by Crippen LogP contribution is 2.30. The van der Waals surface area contributed by atoms with Crippen LogP contribution in [0.25, 0.3) is 10.8 Å². The second-order valence-electron chi connectivity index (χ2n) is 12.8. The highest BCUT2D eigenvalue weighted by Gasteiger charge is 2.32. The molecule has 0 saturated heterocycles. The highest BCUT2D eigenvalue weighted by molar-refractivity contribution is 7.91. The standard InChI is InChI=1S/C37H46N4O7S2/c1-25-22-41(26(2)24-42)36(43)31-21-29(38-37(44)39-32-15-9-13-28-12-5-6-14-30(28)32)17-18-33(31)48-27(3)11-7-8-19-47-34(25)23-40(4)50(45,46)35-16-10-20-49-35/h5-6,9-10,12-18,20-21,25-27,34,42H,7-8,11,19,22-24H2,1-4H3,(H2,38,39,44)/t25-,26-,27+,34+/m0/s1. The summed E-state index contributed by atoms with van der Waals surface area (Å²) in [5, 5.41) is 19.6. The molecule has 0 bridgehead atoms. The molecule has 2 heterocycles. The Labute approximate surface area is 298 Å². The first-order valence-electron chi connectivity index (χ1n) is 16.9. The second kappa shape index (κ2) is 16.8. The van der Waals surface area contributed by atoms with Crippen LogP contribution in [0.1, 0.15) is 50.4 Å². The minimum atomic E-state index is -3.72. The number of nitrogens with one attached hydrogen (secondary N) is 2. The number of sulfonamides is 1. The largest absolute Gasteiger partial charge is 0.490 e. The van der Waals surface area contributed by atoms with Crippen LogP contribution in [-0.2, 0) is 14.8 Å². The lowest BCUT2D eigenvalue weighted by molar-refractivity contribution is -0.00832. The van der Waals surface area contributed by atoms with E-state index in [1.807, 2.05) is 56.3 Å². The molecule has 0 unspecified atom stereocenters. The van der Waals surface area contributed by atoms with Crippen molar-refractivity contribution in [3.63, 3.8) is 0 Å². The number of amides is 3. The lowest BCUT2D eigenvalue weighted by Gasteiger charge is -2.35. The summed E-state index contributed by atoms with van der Waals surface area (Å²) >= 11 is 1.16. The molecule has 0 radical (unpaired) electrons. The van der Waals surface area contributed by atoms with Crippen molar-refractivity contribution in [2.45, 2.75) is 62.5 Å². The van der Waals surface area contributed by atoms with Crippen molar-refractivity contribution >= 4 is 55.4 Å². The van der Waals surface area contributed by atoms with E-state index in [0.717, 1.165) is 35.0 Å². The minimum Gasteiger partial charge on any atom is -0.490 e. The first kappa shape index (κ1) is 37.3.